The molecule has 1 aliphatic heterocycles. The van der Waals surface area contributed by atoms with Crippen LogP contribution in [0.25, 0.3) is 0 Å². The van der Waals surface area contributed by atoms with Gasteiger partial charge in [0.15, 0.2) is 0 Å². The van der Waals surface area contributed by atoms with E-state index in [4.69, 9.17) is 13.9 Å². The van der Waals surface area contributed by atoms with Crippen molar-refractivity contribution < 1.29 is 18.7 Å². The molecule has 0 saturated carbocycles. The van der Waals surface area contributed by atoms with Gasteiger partial charge in [-0.05, 0) is 26.0 Å². The van der Waals surface area contributed by atoms with Gasteiger partial charge in [-0.15, -0.1) is 0 Å². The molecule has 3 rings (SSSR count). The molecule has 1 N–H and O–H groups in total. The first-order valence-electron chi connectivity index (χ1n) is 7.75. The van der Waals surface area contributed by atoms with Crippen LogP contribution in [0.1, 0.15) is 46.8 Å². The number of ether oxygens (including phenoxy) is 2. The van der Waals surface area contributed by atoms with Gasteiger partial charge in [0.1, 0.15) is 11.5 Å². The van der Waals surface area contributed by atoms with Crippen LogP contribution in [-0.2, 0) is 11.3 Å². The van der Waals surface area contributed by atoms with Crippen molar-refractivity contribution in [2.24, 2.45) is 0 Å². The van der Waals surface area contributed by atoms with Crippen LogP contribution in [0.3, 0.4) is 0 Å². The summed E-state index contributed by atoms with van der Waals surface area (Å²) in [5, 5.41) is 3.50. The van der Waals surface area contributed by atoms with Crippen molar-refractivity contribution >= 4 is 5.97 Å². The second-order valence-electron chi connectivity index (χ2n) is 5.85. The minimum Gasteiger partial charge on any atom is -0.490 e. The third kappa shape index (κ3) is 3.24. The van der Waals surface area contributed by atoms with E-state index in [1.807, 2.05) is 31.2 Å². The Morgan fingerprint density at radius 1 is 1.39 bits per heavy atom. The van der Waals surface area contributed by atoms with Crippen molar-refractivity contribution in [1.29, 1.82) is 0 Å². The average molecular weight is 315 g/mol. The Morgan fingerprint density at radius 2 is 2.17 bits per heavy atom. The molecule has 0 fully saturated rings. The number of aryl methyl sites for hydroxylation is 1. The van der Waals surface area contributed by atoms with Crippen LogP contribution in [0.2, 0.25) is 0 Å². The summed E-state index contributed by atoms with van der Waals surface area (Å²) in [4.78, 5) is 11.6. The molecule has 1 aliphatic rings. The monoisotopic (exact) mass is 315 g/mol. The molecule has 122 valence electrons. The summed E-state index contributed by atoms with van der Waals surface area (Å²) in [5.74, 6) is 1.47. The van der Waals surface area contributed by atoms with E-state index in [0.717, 1.165) is 29.1 Å². The quantitative estimate of drug-likeness (QED) is 0.877. The highest BCUT2D eigenvalue weighted by Crippen LogP contribution is 2.34. The number of fused-ring (bicyclic) bond motifs is 1. The fourth-order valence-corrected chi connectivity index (χ4v) is 2.95. The van der Waals surface area contributed by atoms with Crippen LogP contribution in [0.5, 0.6) is 5.75 Å². The summed E-state index contributed by atoms with van der Waals surface area (Å²) >= 11 is 0. The number of para-hydroxylation sites is 1. The zero-order valence-corrected chi connectivity index (χ0v) is 13.6. The first-order chi connectivity index (χ1) is 11.1. The van der Waals surface area contributed by atoms with Gasteiger partial charge in [0.25, 0.3) is 0 Å². The second-order valence-corrected chi connectivity index (χ2v) is 5.85. The van der Waals surface area contributed by atoms with Gasteiger partial charge >= 0.3 is 5.97 Å². The standard InChI is InChI=1S/C18H21NO4/c1-11-8-13(23-17(11)18(20)21-3)10-19-15-9-12(2)22-16-7-5-4-6-14(15)16/h4-8,12,15,19H,9-10H2,1-3H3/t12-,15-/m1/s1. The summed E-state index contributed by atoms with van der Waals surface area (Å²) in [5.41, 5.74) is 1.94. The van der Waals surface area contributed by atoms with E-state index in [1.165, 1.54) is 7.11 Å². The van der Waals surface area contributed by atoms with Gasteiger partial charge < -0.3 is 19.2 Å². The fraction of sp³-hybridized carbons (Fsp3) is 0.389. The molecule has 2 atom stereocenters. The topological polar surface area (TPSA) is 60.7 Å². The van der Waals surface area contributed by atoms with Crippen molar-refractivity contribution in [2.45, 2.75) is 39.0 Å². The fourth-order valence-electron chi connectivity index (χ4n) is 2.95. The largest absolute Gasteiger partial charge is 0.490 e. The lowest BCUT2D eigenvalue weighted by molar-refractivity contribution is 0.0561. The summed E-state index contributed by atoms with van der Waals surface area (Å²) in [6, 6.07) is 10.1. The van der Waals surface area contributed by atoms with Crippen LogP contribution in [-0.4, -0.2) is 19.2 Å². The van der Waals surface area contributed by atoms with E-state index < -0.39 is 5.97 Å². The average Bonchev–Trinajstić information content (AvgIpc) is 2.92. The highest BCUT2D eigenvalue weighted by Gasteiger charge is 2.25. The number of carbonyl (C=O) groups is 1. The van der Waals surface area contributed by atoms with Crippen molar-refractivity contribution in [3.63, 3.8) is 0 Å². The van der Waals surface area contributed by atoms with E-state index in [2.05, 4.69) is 18.3 Å². The Hall–Kier alpha value is -2.27. The molecule has 2 aromatic rings. The van der Waals surface area contributed by atoms with Crippen LogP contribution < -0.4 is 10.1 Å². The summed E-state index contributed by atoms with van der Waals surface area (Å²) in [6.07, 6.45) is 1.05. The minimum atomic E-state index is -0.446. The van der Waals surface area contributed by atoms with E-state index in [9.17, 15) is 4.79 Å². The smallest absolute Gasteiger partial charge is 0.374 e. The molecule has 23 heavy (non-hydrogen) atoms. The molecule has 1 aromatic heterocycles. The highest BCUT2D eigenvalue weighted by molar-refractivity contribution is 5.87. The van der Waals surface area contributed by atoms with Gasteiger partial charge in [-0.2, -0.15) is 0 Å². The van der Waals surface area contributed by atoms with Crippen LogP contribution in [0.4, 0.5) is 0 Å². The second kappa shape index (κ2) is 6.46. The zero-order chi connectivity index (χ0) is 16.4. The normalized spacial score (nSPS) is 19.8. The number of esters is 1. The Balaban J connectivity index is 1.73. The van der Waals surface area contributed by atoms with Crippen molar-refractivity contribution in [3.8, 4) is 5.75 Å². The molecule has 0 amide bonds. The summed E-state index contributed by atoms with van der Waals surface area (Å²) in [7, 11) is 1.35. The lowest BCUT2D eigenvalue weighted by Crippen LogP contribution is -2.31. The molecule has 0 unspecified atom stereocenters. The number of rotatable bonds is 4. The zero-order valence-electron chi connectivity index (χ0n) is 13.6. The van der Waals surface area contributed by atoms with E-state index in [-0.39, 0.29) is 17.9 Å². The first kappa shape index (κ1) is 15.6. The van der Waals surface area contributed by atoms with Crippen LogP contribution in [0, 0.1) is 6.92 Å². The maximum Gasteiger partial charge on any atom is 0.374 e. The van der Waals surface area contributed by atoms with Crippen LogP contribution >= 0.6 is 0 Å². The van der Waals surface area contributed by atoms with Crippen LogP contribution in [0.15, 0.2) is 34.7 Å². The van der Waals surface area contributed by atoms with Gasteiger partial charge in [-0.3, -0.25) is 0 Å². The maximum absolute atomic E-state index is 11.6. The molecular formula is C18H21NO4. The van der Waals surface area contributed by atoms with E-state index in [1.54, 1.807) is 0 Å². The van der Waals surface area contributed by atoms with Gasteiger partial charge in [0.05, 0.1) is 19.8 Å². The van der Waals surface area contributed by atoms with Crippen molar-refractivity contribution in [2.75, 3.05) is 7.11 Å². The Bertz CT molecular complexity index is 707. The van der Waals surface area contributed by atoms with E-state index in [0.29, 0.717) is 6.54 Å². The molecule has 5 nitrogen and oxygen atoms in total. The summed E-state index contributed by atoms with van der Waals surface area (Å²) in [6.45, 7) is 4.45. The van der Waals surface area contributed by atoms with E-state index >= 15 is 0 Å². The molecule has 0 aliphatic carbocycles. The van der Waals surface area contributed by atoms with Gasteiger partial charge in [-0.25, -0.2) is 4.79 Å². The molecule has 1 aromatic carbocycles. The number of hydrogen-bond acceptors (Lipinski definition) is 5. The summed E-state index contributed by atoms with van der Waals surface area (Å²) < 4.78 is 16.2. The minimum absolute atomic E-state index is 0.159. The van der Waals surface area contributed by atoms with Crippen molar-refractivity contribution in [3.05, 3.63) is 53.0 Å². The maximum atomic E-state index is 11.6. The molecule has 0 radical (unpaired) electrons. The predicted molar refractivity (Wildman–Crippen MR) is 85.5 cm³/mol. The molecule has 0 bridgehead atoms. The Kier molecular flexibility index (Phi) is 4.39. The number of methoxy groups -OCH3 is 1. The molecule has 0 saturated heterocycles. The van der Waals surface area contributed by atoms with Gasteiger partial charge in [-0.1, -0.05) is 18.2 Å². The lowest BCUT2D eigenvalue weighted by atomic mass is 9.97. The Morgan fingerprint density at radius 3 is 2.96 bits per heavy atom. The number of hydrogen-bond donors (Lipinski definition) is 1. The van der Waals surface area contributed by atoms with Gasteiger partial charge in [0.2, 0.25) is 5.76 Å². The number of furan rings is 1. The third-order valence-electron chi connectivity index (χ3n) is 4.05. The predicted octanol–water partition coefficient (Wildman–Crippen LogP) is 3.38. The Labute approximate surface area is 135 Å². The highest BCUT2D eigenvalue weighted by atomic mass is 16.5. The number of carbonyl (C=O) groups excluding carboxylic acids is 1. The molecule has 2 heterocycles. The lowest BCUT2D eigenvalue weighted by Gasteiger charge is -2.30. The SMILES string of the molecule is COC(=O)c1oc(CN[C@@H]2C[C@@H](C)Oc3ccccc32)cc1C. The van der Waals surface area contributed by atoms with Gasteiger partial charge in [0, 0.05) is 23.6 Å². The van der Waals surface area contributed by atoms with Crippen molar-refractivity contribution in [1.82, 2.24) is 5.32 Å². The molecule has 5 heteroatoms. The molecule has 0 spiro atoms. The number of benzene rings is 1. The third-order valence-corrected chi connectivity index (χ3v) is 4.05. The number of nitrogens with one attached hydrogen (secondary N) is 1. The first-order valence-corrected chi connectivity index (χ1v) is 7.75. The molecular weight excluding hydrogens is 294 g/mol.